The molecule has 1 aromatic heterocycles. The molecule has 1 unspecified atom stereocenters. The Morgan fingerprint density at radius 3 is 2.67 bits per heavy atom. The van der Waals surface area contributed by atoms with Gasteiger partial charge in [0.15, 0.2) is 0 Å². The molecule has 3 N–H and O–H groups in total. The lowest BCUT2D eigenvalue weighted by molar-refractivity contribution is 0.307. The summed E-state index contributed by atoms with van der Waals surface area (Å²) in [7, 11) is 0. The summed E-state index contributed by atoms with van der Waals surface area (Å²) in [5, 5.41) is 3.34. The number of nitrogens with two attached hydrogens (primary N) is 1. The third-order valence-corrected chi connectivity index (χ3v) is 3.29. The second-order valence-electron chi connectivity index (χ2n) is 5.13. The van der Waals surface area contributed by atoms with Gasteiger partial charge >= 0.3 is 0 Å². The number of benzene rings is 1. The molecule has 0 amide bonds. The van der Waals surface area contributed by atoms with Crippen molar-refractivity contribution in [3.63, 3.8) is 0 Å². The van der Waals surface area contributed by atoms with E-state index in [1.54, 1.807) is 0 Å². The lowest BCUT2D eigenvalue weighted by atomic mass is 10.0. The fourth-order valence-electron chi connectivity index (χ4n) is 2.02. The fraction of sp³-hybridized carbons (Fsp3) is 0.353. The van der Waals surface area contributed by atoms with Crippen molar-refractivity contribution in [2.75, 3.05) is 24.2 Å². The molecule has 0 fully saturated rings. The number of hydrogen-bond donors (Lipinski definition) is 2. The predicted octanol–water partition coefficient (Wildman–Crippen LogP) is 3.67. The van der Waals surface area contributed by atoms with Crippen molar-refractivity contribution in [3.8, 4) is 5.88 Å². The zero-order valence-electron chi connectivity index (χ0n) is 12.7. The van der Waals surface area contributed by atoms with Crippen molar-refractivity contribution in [1.29, 1.82) is 0 Å². The molecule has 4 heteroatoms. The topological polar surface area (TPSA) is 60.2 Å². The van der Waals surface area contributed by atoms with Crippen LogP contribution in [-0.2, 0) is 0 Å². The minimum Gasteiger partial charge on any atom is -0.476 e. The number of anilines is 2. The van der Waals surface area contributed by atoms with E-state index in [1.165, 1.54) is 5.56 Å². The summed E-state index contributed by atoms with van der Waals surface area (Å²) < 4.78 is 5.54. The maximum absolute atomic E-state index is 5.86. The highest BCUT2D eigenvalue weighted by Crippen LogP contribution is 2.22. The van der Waals surface area contributed by atoms with E-state index in [-0.39, 0.29) is 0 Å². The molecule has 0 aliphatic carbocycles. The Hall–Kier alpha value is -2.23. The average molecular weight is 285 g/mol. The Kier molecular flexibility index (Phi) is 5.43. The smallest absolute Gasteiger partial charge is 0.239 e. The first kappa shape index (κ1) is 15.2. The third-order valence-electron chi connectivity index (χ3n) is 3.29. The summed E-state index contributed by atoms with van der Waals surface area (Å²) in [6, 6.07) is 14.1. The lowest BCUT2D eigenvalue weighted by Crippen LogP contribution is -2.11. The van der Waals surface area contributed by atoms with Gasteiger partial charge in [-0.15, -0.1) is 0 Å². The summed E-state index contributed by atoms with van der Waals surface area (Å²) in [5.74, 6) is 1.71. The fourth-order valence-corrected chi connectivity index (χ4v) is 2.02. The molecule has 0 saturated heterocycles. The van der Waals surface area contributed by atoms with E-state index in [0.29, 0.717) is 24.1 Å². The van der Waals surface area contributed by atoms with Gasteiger partial charge in [0.2, 0.25) is 5.88 Å². The van der Waals surface area contributed by atoms with Gasteiger partial charge in [0.1, 0.15) is 5.82 Å². The molecule has 4 nitrogen and oxygen atoms in total. The molecular weight excluding hydrogens is 262 g/mol. The largest absolute Gasteiger partial charge is 0.476 e. The van der Waals surface area contributed by atoms with E-state index in [9.17, 15) is 0 Å². The number of pyridine rings is 1. The van der Waals surface area contributed by atoms with Crippen LogP contribution in [0.25, 0.3) is 0 Å². The maximum Gasteiger partial charge on any atom is 0.239 e. The van der Waals surface area contributed by atoms with Gasteiger partial charge in [0, 0.05) is 6.54 Å². The standard InChI is InChI=1S/C17H23N3O/c1-3-11-21-17-15(18)9-10-16(20-17)19-12-13(2)14-7-5-4-6-8-14/h4-10,13H,3,11-12,18H2,1-2H3,(H,19,20). The quantitative estimate of drug-likeness (QED) is 0.815. The summed E-state index contributed by atoms with van der Waals surface area (Å²) in [6.45, 7) is 5.68. The molecule has 2 aromatic rings. The highest BCUT2D eigenvalue weighted by atomic mass is 16.5. The number of hydrogen-bond acceptors (Lipinski definition) is 4. The van der Waals surface area contributed by atoms with Gasteiger partial charge in [0.05, 0.1) is 12.3 Å². The summed E-state index contributed by atoms with van der Waals surface area (Å²) in [5.41, 5.74) is 7.74. The third kappa shape index (κ3) is 4.38. The second-order valence-corrected chi connectivity index (χ2v) is 5.13. The molecule has 0 aliphatic heterocycles. The highest BCUT2D eigenvalue weighted by Gasteiger charge is 2.07. The van der Waals surface area contributed by atoms with E-state index < -0.39 is 0 Å². The van der Waals surface area contributed by atoms with Crippen molar-refractivity contribution in [2.24, 2.45) is 0 Å². The zero-order chi connectivity index (χ0) is 15.1. The number of nitrogen functional groups attached to an aromatic ring is 1. The number of aromatic nitrogens is 1. The summed E-state index contributed by atoms with van der Waals surface area (Å²) in [6.07, 6.45) is 0.934. The first-order chi connectivity index (χ1) is 10.2. The lowest BCUT2D eigenvalue weighted by Gasteiger charge is -2.14. The Balaban J connectivity index is 1.96. The Morgan fingerprint density at radius 2 is 1.95 bits per heavy atom. The molecule has 0 radical (unpaired) electrons. The number of rotatable bonds is 7. The SMILES string of the molecule is CCCOc1nc(NCC(C)c2ccccc2)ccc1N. The maximum atomic E-state index is 5.86. The van der Waals surface area contributed by atoms with Crippen LogP contribution >= 0.6 is 0 Å². The number of nitrogens with one attached hydrogen (secondary N) is 1. The van der Waals surface area contributed by atoms with Crippen molar-refractivity contribution >= 4 is 11.5 Å². The van der Waals surface area contributed by atoms with E-state index in [1.807, 2.05) is 18.2 Å². The number of ether oxygens (including phenoxy) is 1. The predicted molar refractivity (Wildman–Crippen MR) is 87.8 cm³/mol. The van der Waals surface area contributed by atoms with E-state index in [2.05, 4.69) is 48.4 Å². The first-order valence-electron chi connectivity index (χ1n) is 7.38. The Bertz CT molecular complexity index is 557. The first-order valence-corrected chi connectivity index (χ1v) is 7.38. The highest BCUT2D eigenvalue weighted by molar-refractivity contribution is 5.53. The molecular formula is C17H23N3O. The minimum atomic E-state index is 0.408. The van der Waals surface area contributed by atoms with E-state index >= 15 is 0 Å². The van der Waals surface area contributed by atoms with E-state index in [4.69, 9.17) is 10.5 Å². The normalized spacial score (nSPS) is 11.9. The van der Waals surface area contributed by atoms with Crippen molar-refractivity contribution in [1.82, 2.24) is 4.98 Å². The zero-order valence-corrected chi connectivity index (χ0v) is 12.7. The van der Waals surface area contributed by atoms with Crippen LogP contribution in [0.2, 0.25) is 0 Å². The van der Waals surface area contributed by atoms with Gasteiger partial charge in [0.25, 0.3) is 0 Å². The minimum absolute atomic E-state index is 0.408. The molecule has 21 heavy (non-hydrogen) atoms. The molecule has 0 bridgehead atoms. The van der Waals surface area contributed by atoms with Crippen LogP contribution in [0.1, 0.15) is 31.7 Å². The second kappa shape index (κ2) is 7.53. The van der Waals surface area contributed by atoms with Gasteiger partial charge in [-0.2, -0.15) is 4.98 Å². The average Bonchev–Trinajstić information content (AvgIpc) is 2.53. The number of nitrogens with zero attached hydrogens (tertiary/aromatic N) is 1. The van der Waals surface area contributed by atoms with Gasteiger partial charge in [-0.05, 0) is 30.0 Å². The monoisotopic (exact) mass is 285 g/mol. The molecule has 1 atom stereocenters. The van der Waals surface area contributed by atoms with Crippen molar-refractivity contribution < 1.29 is 4.74 Å². The van der Waals surface area contributed by atoms with Gasteiger partial charge in [-0.3, -0.25) is 0 Å². The molecule has 2 rings (SSSR count). The van der Waals surface area contributed by atoms with Crippen molar-refractivity contribution in [3.05, 3.63) is 48.0 Å². The Morgan fingerprint density at radius 1 is 1.19 bits per heavy atom. The van der Waals surface area contributed by atoms with Gasteiger partial charge in [-0.1, -0.05) is 44.2 Å². The van der Waals surface area contributed by atoms with Crippen LogP contribution in [0.4, 0.5) is 11.5 Å². The van der Waals surface area contributed by atoms with Crippen molar-refractivity contribution in [2.45, 2.75) is 26.2 Å². The van der Waals surface area contributed by atoms with Crippen LogP contribution in [-0.4, -0.2) is 18.1 Å². The molecule has 112 valence electrons. The van der Waals surface area contributed by atoms with Crippen LogP contribution in [0.5, 0.6) is 5.88 Å². The van der Waals surface area contributed by atoms with Crippen LogP contribution in [0, 0.1) is 0 Å². The molecule has 0 spiro atoms. The van der Waals surface area contributed by atoms with Gasteiger partial charge < -0.3 is 15.8 Å². The van der Waals surface area contributed by atoms with Crippen LogP contribution < -0.4 is 15.8 Å². The molecule has 0 aliphatic rings. The molecule has 1 heterocycles. The Labute approximate surface area is 126 Å². The molecule has 0 saturated carbocycles. The van der Waals surface area contributed by atoms with Crippen LogP contribution in [0.15, 0.2) is 42.5 Å². The van der Waals surface area contributed by atoms with Crippen LogP contribution in [0.3, 0.4) is 0 Å². The summed E-state index contributed by atoms with van der Waals surface area (Å²) >= 11 is 0. The molecule has 1 aromatic carbocycles. The van der Waals surface area contributed by atoms with Gasteiger partial charge in [-0.25, -0.2) is 0 Å². The van der Waals surface area contributed by atoms with E-state index in [0.717, 1.165) is 18.8 Å². The summed E-state index contributed by atoms with van der Waals surface area (Å²) in [4.78, 5) is 4.42.